The van der Waals surface area contributed by atoms with Crippen LogP contribution in [0.5, 0.6) is 0 Å². The Morgan fingerprint density at radius 1 is 1.20 bits per heavy atom. The van der Waals surface area contributed by atoms with Gasteiger partial charge in [0.1, 0.15) is 0 Å². The van der Waals surface area contributed by atoms with Crippen LogP contribution in [-0.4, -0.2) is 60.3 Å². The van der Waals surface area contributed by atoms with E-state index in [-0.39, 0.29) is 15.8 Å². The number of methoxy groups -OCH3 is 1. The van der Waals surface area contributed by atoms with Gasteiger partial charge < -0.3 is 9.64 Å². The highest BCUT2D eigenvalue weighted by Gasteiger charge is 2.28. The largest absolute Gasteiger partial charge is 0.453 e. The smallest absolute Gasteiger partial charge is 0.409 e. The van der Waals surface area contributed by atoms with E-state index in [1.54, 1.807) is 6.92 Å². The molecule has 0 unspecified atom stereocenters. The number of hydrogen-bond acceptors (Lipinski definition) is 6. The molecule has 0 aromatic heterocycles. The number of sulfone groups is 1. The third-order valence-electron chi connectivity index (χ3n) is 4.13. The lowest BCUT2D eigenvalue weighted by Crippen LogP contribution is -2.46. The lowest BCUT2D eigenvalue weighted by atomic mass is 10.1. The lowest BCUT2D eigenvalue weighted by molar-refractivity contribution is 0.111. The number of hydrogen-bond donors (Lipinski definition) is 1. The number of amides is 1. The molecule has 2 rings (SSSR count). The Labute approximate surface area is 148 Å². The number of nitrogens with one attached hydrogen (secondary N) is 1. The summed E-state index contributed by atoms with van der Waals surface area (Å²) in [5.41, 5.74) is 0.465. The molecule has 1 fully saturated rings. The minimum atomic E-state index is -3.87. The molecule has 0 spiro atoms. The second-order valence-electron chi connectivity index (χ2n) is 6.05. The minimum absolute atomic E-state index is 0.0426. The minimum Gasteiger partial charge on any atom is -0.453 e. The maximum absolute atomic E-state index is 12.7. The predicted molar refractivity (Wildman–Crippen MR) is 91.6 cm³/mol. The molecule has 0 saturated carbocycles. The molecule has 1 aliphatic rings. The summed E-state index contributed by atoms with van der Waals surface area (Å²) in [7, 11) is -6.07. The zero-order valence-corrected chi connectivity index (χ0v) is 16.0. The summed E-state index contributed by atoms with van der Waals surface area (Å²) >= 11 is 0. The van der Waals surface area contributed by atoms with Gasteiger partial charge in [-0.25, -0.2) is 26.4 Å². The molecule has 1 heterocycles. The second kappa shape index (κ2) is 7.30. The van der Waals surface area contributed by atoms with Crippen molar-refractivity contribution in [2.45, 2.75) is 35.6 Å². The van der Waals surface area contributed by atoms with E-state index in [0.29, 0.717) is 31.5 Å². The highest BCUT2D eigenvalue weighted by atomic mass is 32.2. The summed E-state index contributed by atoms with van der Waals surface area (Å²) in [4.78, 5) is 12.9. The Bertz CT molecular complexity index is 856. The van der Waals surface area contributed by atoms with Crippen molar-refractivity contribution in [3.63, 3.8) is 0 Å². The van der Waals surface area contributed by atoms with Crippen molar-refractivity contribution >= 4 is 26.0 Å². The van der Waals surface area contributed by atoms with Crippen molar-refractivity contribution in [1.82, 2.24) is 9.62 Å². The molecule has 1 N–H and O–H groups in total. The number of carbonyl (C=O) groups excluding carboxylic acids is 1. The summed E-state index contributed by atoms with van der Waals surface area (Å²) in [6, 6.07) is 3.71. The molecule has 0 atom stereocenters. The summed E-state index contributed by atoms with van der Waals surface area (Å²) in [6.07, 6.45) is 1.51. The maximum Gasteiger partial charge on any atom is 0.409 e. The summed E-state index contributed by atoms with van der Waals surface area (Å²) in [5, 5.41) is 0. The first-order valence-electron chi connectivity index (χ1n) is 7.70. The van der Waals surface area contributed by atoms with Crippen LogP contribution in [0, 0.1) is 6.92 Å². The molecule has 1 amide bonds. The van der Waals surface area contributed by atoms with E-state index >= 15 is 0 Å². The van der Waals surface area contributed by atoms with Crippen LogP contribution in [0.2, 0.25) is 0 Å². The number of carbonyl (C=O) groups is 1. The molecule has 1 saturated heterocycles. The van der Waals surface area contributed by atoms with Crippen LogP contribution < -0.4 is 4.72 Å². The van der Waals surface area contributed by atoms with Crippen molar-refractivity contribution in [2.75, 3.05) is 26.5 Å². The van der Waals surface area contributed by atoms with Gasteiger partial charge in [0.2, 0.25) is 10.0 Å². The first-order chi connectivity index (χ1) is 11.5. The van der Waals surface area contributed by atoms with Gasteiger partial charge in [0, 0.05) is 25.4 Å². The summed E-state index contributed by atoms with van der Waals surface area (Å²) in [5.74, 6) is 0. The molecule has 0 radical (unpaired) electrons. The molecule has 1 aromatic rings. The van der Waals surface area contributed by atoms with Gasteiger partial charge in [-0.2, -0.15) is 0 Å². The summed E-state index contributed by atoms with van der Waals surface area (Å²) in [6.45, 7) is 2.39. The van der Waals surface area contributed by atoms with Crippen molar-refractivity contribution in [1.29, 1.82) is 0 Å². The van der Waals surface area contributed by atoms with Crippen molar-refractivity contribution < 1.29 is 26.4 Å². The molecule has 8 nitrogen and oxygen atoms in total. The van der Waals surface area contributed by atoms with Crippen LogP contribution in [0.3, 0.4) is 0 Å². The first kappa shape index (κ1) is 19.7. The number of ether oxygens (including phenoxy) is 1. The fraction of sp³-hybridized carbons (Fsp3) is 0.533. The average Bonchev–Trinajstić information content (AvgIpc) is 2.53. The SMILES string of the molecule is COC(=O)N1CCC(NS(=O)(=O)c2cc(S(C)(=O)=O)ccc2C)CC1. The Hall–Kier alpha value is -1.65. The highest BCUT2D eigenvalue weighted by molar-refractivity contribution is 7.91. The van der Waals surface area contributed by atoms with Gasteiger partial charge in [-0.1, -0.05) is 6.07 Å². The van der Waals surface area contributed by atoms with Gasteiger partial charge in [0.05, 0.1) is 16.9 Å². The van der Waals surface area contributed by atoms with Gasteiger partial charge in [-0.05, 0) is 37.5 Å². The van der Waals surface area contributed by atoms with Crippen LogP contribution in [0.15, 0.2) is 28.0 Å². The average molecular weight is 390 g/mol. The Kier molecular flexibility index (Phi) is 5.75. The van der Waals surface area contributed by atoms with Crippen LogP contribution in [0.25, 0.3) is 0 Å². The van der Waals surface area contributed by atoms with E-state index in [1.165, 1.54) is 30.2 Å². The van der Waals surface area contributed by atoms with Gasteiger partial charge in [-0.3, -0.25) is 0 Å². The van der Waals surface area contributed by atoms with Crippen LogP contribution >= 0.6 is 0 Å². The Morgan fingerprint density at radius 3 is 2.32 bits per heavy atom. The van der Waals surface area contributed by atoms with Gasteiger partial charge in [0.25, 0.3) is 0 Å². The topological polar surface area (TPSA) is 110 Å². The van der Waals surface area contributed by atoms with E-state index in [2.05, 4.69) is 9.46 Å². The molecule has 10 heteroatoms. The van der Waals surface area contributed by atoms with Crippen LogP contribution in [0.4, 0.5) is 4.79 Å². The van der Waals surface area contributed by atoms with E-state index in [4.69, 9.17) is 0 Å². The van der Waals surface area contributed by atoms with E-state index in [0.717, 1.165) is 6.26 Å². The van der Waals surface area contributed by atoms with Crippen molar-refractivity contribution in [2.24, 2.45) is 0 Å². The number of piperidine rings is 1. The second-order valence-corrected chi connectivity index (χ2v) is 9.75. The van der Waals surface area contributed by atoms with E-state index < -0.39 is 26.0 Å². The Morgan fingerprint density at radius 2 is 1.80 bits per heavy atom. The number of aryl methyl sites for hydroxylation is 1. The fourth-order valence-corrected chi connectivity index (χ4v) is 4.99. The normalized spacial score (nSPS) is 16.7. The first-order valence-corrected chi connectivity index (χ1v) is 11.1. The van der Waals surface area contributed by atoms with Crippen molar-refractivity contribution in [3.8, 4) is 0 Å². The zero-order chi connectivity index (χ0) is 18.8. The van der Waals surface area contributed by atoms with Crippen LogP contribution in [-0.2, 0) is 24.6 Å². The van der Waals surface area contributed by atoms with Gasteiger partial charge in [0.15, 0.2) is 9.84 Å². The zero-order valence-electron chi connectivity index (χ0n) is 14.4. The molecular weight excluding hydrogens is 368 g/mol. The third kappa shape index (κ3) is 4.71. The van der Waals surface area contributed by atoms with E-state index in [9.17, 15) is 21.6 Å². The standard InChI is InChI=1S/C15H22N2O6S2/c1-11-4-5-13(24(3,19)20)10-14(11)25(21,22)16-12-6-8-17(9-7-12)15(18)23-2/h4-5,10,12,16H,6-9H2,1-3H3. The van der Waals surface area contributed by atoms with Crippen LogP contribution in [0.1, 0.15) is 18.4 Å². The third-order valence-corrected chi connectivity index (χ3v) is 6.90. The number of sulfonamides is 1. The quantitative estimate of drug-likeness (QED) is 0.818. The molecule has 25 heavy (non-hydrogen) atoms. The van der Waals surface area contributed by atoms with Gasteiger partial charge in [-0.15, -0.1) is 0 Å². The number of rotatable bonds is 4. The number of nitrogens with zero attached hydrogens (tertiary/aromatic N) is 1. The Balaban J connectivity index is 2.17. The molecule has 140 valence electrons. The van der Waals surface area contributed by atoms with E-state index in [1.807, 2.05) is 0 Å². The lowest BCUT2D eigenvalue weighted by Gasteiger charge is -2.31. The van der Waals surface area contributed by atoms with Gasteiger partial charge >= 0.3 is 6.09 Å². The number of benzene rings is 1. The molecule has 0 bridgehead atoms. The molecule has 1 aliphatic heterocycles. The molecule has 0 aliphatic carbocycles. The fourth-order valence-electron chi connectivity index (χ4n) is 2.69. The monoisotopic (exact) mass is 390 g/mol. The summed E-state index contributed by atoms with van der Waals surface area (Å²) < 4.78 is 55.9. The van der Waals surface area contributed by atoms with Crippen molar-refractivity contribution in [3.05, 3.63) is 23.8 Å². The maximum atomic E-state index is 12.7. The predicted octanol–water partition coefficient (Wildman–Crippen LogP) is 0.908. The highest BCUT2D eigenvalue weighted by Crippen LogP contribution is 2.22. The number of likely N-dealkylation sites (tertiary alicyclic amines) is 1. The molecule has 1 aromatic carbocycles. The molecular formula is C15H22N2O6S2.